The molecule has 1 aromatic carbocycles. The Kier molecular flexibility index (Phi) is 5.02. The molecule has 0 fully saturated rings. The fraction of sp³-hybridized carbons (Fsp3) is 0.462. The van der Waals surface area contributed by atoms with Crippen molar-refractivity contribution in [3.05, 3.63) is 28.2 Å². The van der Waals surface area contributed by atoms with Gasteiger partial charge in [0.1, 0.15) is 5.75 Å². The molecule has 0 saturated heterocycles. The first kappa shape index (κ1) is 14.8. The number of methoxy groups -OCH3 is 1. The van der Waals surface area contributed by atoms with E-state index in [9.17, 15) is 4.79 Å². The third kappa shape index (κ3) is 3.63. The maximum atomic E-state index is 11.2. The SMILES string of the molecule is CNC(=O)NCC(C)(C)c1ccc(OC)c(Br)c1. The number of hydrogen-bond acceptors (Lipinski definition) is 2. The number of benzene rings is 1. The number of nitrogens with one attached hydrogen (secondary N) is 2. The van der Waals surface area contributed by atoms with E-state index in [1.54, 1.807) is 14.2 Å². The van der Waals surface area contributed by atoms with E-state index in [0.717, 1.165) is 15.8 Å². The molecule has 0 aliphatic rings. The average molecular weight is 315 g/mol. The normalized spacial score (nSPS) is 10.9. The largest absolute Gasteiger partial charge is 0.496 e. The molecule has 0 saturated carbocycles. The summed E-state index contributed by atoms with van der Waals surface area (Å²) in [7, 11) is 3.24. The van der Waals surface area contributed by atoms with E-state index in [2.05, 4.69) is 40.4 Å². The van der Waals surface area contributed by atoms with Gasteiger partial charge in [0, 0.05) is 19.0 Å². The minimum absolute atomic E-state index is 0.151. The van der Waals surface area contributed by atoms with E-state index in [1.807, 2.05) is 18.2 Å². The Morgan fingerprint density at radius 3 is 2.61 bits per heavy atom. The predicted octanol–water partition coefficient (Wildman–Crippen LogP) is 2.66. The fourth-order valence-corrected chi connectivity index (χ4v) is 2.12. The third-order valence-corrected chi connectivity index (χ3v) is 3.47. The molecule has 0 radical (unpaired) electrons. The van der Waals surface area contributed by atoms with Crippen LogP contribution in [0.1, 0.15) is 19.4 Å². The molecule has 100 valence electrons. The number of carbonyl (C=O) groups excluding carboxylic acids is 1. The van der Waals surface area contributed by atoms with Crippen LogP contribution in [0.15, 0.2) is 22.7 Å². The van der Waals surface area contributed by atoms with E-state index in [1.165, 1.54) is 0 Å². The number of rotatable bonds is 4. The average Bonchev–Trinajstić information content (AvgIpc) is 2.35. The molecular weight excluding hydrogens is 296 g/mol. The monoisotopic (exact) mass is 314 g/mol. The Morgan fingerprint density at radius 1 is 1.44 bits per heavy atom. The minimum atomic E-state index is -0.171. The number of urea groups is 1. The number of halogens is 1. The van der Waals surface area contributed by atoms with Gasteiger partial charge >= 0.3 is 6.03 Å². The zero-order valence-electron chi connectivity index (χ0n) is 11.1. The van der Waals surface area contributed by atoms with Gasteiger partial charge in [-0.25, -0.2) is 4.79 Å². The first-order valence-corrected chi connectivity index (χ1v) is 6.49. The van der Waals surface area contributed by atoms with E-state index in [4.69, 9.17) is 4.74 Å². The molecule has 0 atom stereocenters. The van der Waals surface area contributed by atoms with Crippen LogP contribution in [0.2, 0.25) is 0 Å². The van der Waals surface area contributed by atoms with Gasteiger partial charge in [-0.1, -0.05) is 19.9 Å². The van der Waals surface area contributed by atoms with Crippen molar-refractivity contribution in [1.29, 1.82) is 0 Å². The molecular formula is C13H19BrN2O2. The van der Waals surface area contributed by atoms with Crippen LogP contribution < -0.4 is 15.4 Å². The smallest absolute Gasteiger partial charge is 0.314 e. The first-order chi connectivity index (χ1) is 8.40. The van der Waals surface area contributed by atoms with Crippen LogP contribution in [0.3, 0.4) is 0 Å². The van der Waals surface area contributed by atoms with Crippen LogP contribution in [-0.4, -0.2) is 26.7 Å². The molecule has 0 aromatic heterocycles. The molecule has 1 rings (SSSR count). The maximum Gasteiger partial charge on any atom is 0.314 e. The first-order valence-electron chi connectivity index (χ1n) is 5.70. The summed E-state index contributed by atoms with van der Waals surface area (Å²) in [5.41, 5.74) is 0.980. The molecule has 18 heavy (non-hydrogen) atoms. The Morgan fingerprint density at radius 2 is 2.11 bits per heavy atom. The summed E-state index contributed by atoms with van der Waals surface area (Å²) in [5.74, 6) is 0.800. The summed E-state index contributed by atoms with van der Waals surface area (Å²) in [6.45, 7) is 4.72. The number of hydrogen-bond donors (Lipinski definition) is 2. The van der Waals surface area contributed by atoms with Gasteiger partial charge in [0.15, 0.2) is 0 Å². The summed E-state index contributed by atoms with van der Waals surface area (Å²) in [6, 6.07) is 5.77. The molecule has 0 aliphatic heterocycles. The summed E-state index contributed by atoms with van der Waals surface area (Å²) in [5, 5.41) is 5.36. The third-order valence-electron chi connectivity index (χ3n) is 2.85. The van der Waals surface area contributed by atoms with E-state index >= 15 is 0 Å². The standard InChI is InChI=1S/C13H19BrN2O2/c1-13(2,8-16-12(17)15-3)9-5-6-11(18-4)10(14)7-9/h5-7H,8H2,1-4H3,(H2,15,16,17). The summed E-state index contributed by atoms with van der Waals surface area (Å²) < 4.78 is 6.11. The van der Waals surface area contributed by atoms with Crippen LogP contribution in [0, 0.1) is 0 Å². The van der Waals surface area contributed by atoms with Crippen molar-refractivity contribution in [3.63, 3.8) is 0 Å². The van der Waals surface area contributed by atoms with Gasteiger partial charge in [-0.05, 0) is 33.6 Å². The number of ether oxygens (including phenoxy) is 1. The van der Waals surface area contributed by atoms with Gasteiger partial charge in [0.2, 0.25) is 0 Å². The Bertz CT molecular complexity index is 433. The second-order valence-electron chi connectivity index (χ2n) is 4.67. The van der Waals surface area contributed by atoms with Crippen LogP contribution in [0.5, 0.6) is 5.75 Å². The van der Waals surface area contributed by atoms with Gasteiger partial charge in [0.05, 0.1) is 11.6 Å². The molecule has 2 N–H and O–H groups in total. The van der Waals surface area contributed by atoms with Gasteiger partial charge in [-0.15, -0.1) is 0 Å². The van der Waals surface area contributed by atoms with Gasteiger partial charge in [0.25, 0.3) is 0 Å². The van der Waals surface area contributed by atoms with Crippen molar-refractivity contribution in [2.24, 2.45) is 0 Å². The van der Waals surface area contributed by atoms with Crippen LogP contribution in [-0.2, 0) is 5.41 Å². The quantitative estimate of drug-likeness (QED) is 0.897. The number of carbonyl (C=O) groups is 1. The van der Waals surface area contributed by atoms with E-state index < -0.39 is 0 Å². The highest BCUT2D eigenvalue weighted by atomic mass is 79.9. The molecule has 5 heteroatoms. The van der Waals surface area contributed by atoms with E-state index in [-0.39, 0.29) is 11.4 Å². The lowest BCUT2D eigenvalue weighted by Gasteiger charge is -2.26. The summed E-state index contributed by atoms with van der Waals surface area (Å²) in [4.78, 5) is 11.2. The van der Waals surface area contributed by atoms with Crippen LogP contribution in [0.25, 0.3) is 0 Å². The Labute approximate surface area is 116 Å². The number of amides is 2. The molecule has 0 bridgehead atoms. The molecule has 0 heterocycles. The minimum Gasteiger partial charge on any atom is -0.496 e. The molecule has 0 spiro atoms. The lowest BCUT2D eigenvalue weighted by molar-refractivity contribution is 0.240. The molecule has 4 nitrogen and oxygen atoms in total. The van der Waals surface area contributed by atoms with Crippen LogP contribution in [0.4, 0.5) is 4.79 Å². The van der Waals surface area contributed by atoms with Crippen molar-refractivity contribution in [2.45, 2.75) is 19.3 Å². The Hall–Kier alpha value is -1.23. The lowest BCUT2D eigenvalue weighted by atomic mass is 9.84. The molecule has 2 amide bonds. The van der Waals surface area contributed by atoms with Crippen molar-refractivity contribution in [1.82, 2.24) is 10.6 Å². The fourth-order valence-electron chi connectivity index (χ4n) is 1.58. The van der Waals surface area contributed by atoms with Crippen molar-refractivity contribution < 1.29 is 9.53 Å². The van der Waals surface area contributed by atoms with Crippen molar-refractivity contribution >= 4 is 22.0 Å². The molecule has 0 aliphatic carbocycles. The second-order valence-corrected chi connectivity index (χ2v) is 5.52. The molecule has 0 unspecified atom stereocenters. The van der Waals surface area contributed by atoms with Crippen molar-refractivity contribution in [3.8, 4) is 5.75 Å². The topological polar surface area (TPSA) is 50.4 Å². The van der Waals surface area contributed by atoms with Crippen LogP contribution >= 0.6 is 15.9 Å². The highest BCUT2D eigenvalue weighted by Crippen LogP contribution is 2.31. The highest BCUT2D eigenvalue weighted by Gasteiger charge is 2.22. The summed E-state index contributed by atoms with van der Waals surface area (Å²) >= 11 is 3.47. The van der Waals surface area contributed by atoms with Gasteiger partial charge in [-0.3, -0.25) is 0 Å². The molecule has 1 aromatic rings. The zero-order chi connectivity index (χ0) is 13.8. The zero-order valence-corrected chi connectivity index (χ0v) is 12.7. The maximum absolute atomic E-state index is 11.2. The van der Waals surface area contributed by atoms with Gasteiger partial charge < -0.3 is 15.4 Å². The Balaban J connectivity index is 2.84. The second kappa shape index (κ2) is 6.09. The summed E-state index contributed by atoms with van der Waals surface area (Å²) in [6.07, 6.45) is 0. The van der Waals surface area contributed by atoms with Gasteiger partial charge in [-0.2, -0.15) is 0 Å². The highest BCUT2D eigenvalue weighted by molar-refractivity contribution is 9.10. The van der Waals surface area contributed by atoms with E-state index in [0.29, 0.717) is 6.54 Å². The lowest BCUT2D eigenvalue weighted by Crippen LogP contribution is -2.40. The predicted molar refractivity (Wildman–Crippen MR) is 76.2 cm³/mol. The van der Waals surface area contributed by atoms with Crippen molar-refractivity contribution in [2.75, 3.05) is 20.7 Å².